The highest BCUT2D eigenvalue weighted by atomic mass is 32.2. The van der Waals surface area contributed by atoms with Crippen molar-refractivity contribution in [3.8, 4) is 0 Å². The second kappa shape index (κ2) is 10.4. The van der Waals surface area contributed by atoms with E-state index in [0.717, 1.165) is 24.1 Å². The highest BCUT2D eigenvalue weighted by Gasteiger charge is 2.27. The van der Waals surface area contributed by atoms with Crippen LogP contribution in [0.5, 0.6) is 0 Å². The zero-order valence-electron chi connectivity index (χ0n) is 19.8. The summed E-state index contributed by atoms with van der Waals surface area (Å²) in [4.78, 5) is 27.4. The fourth-order valence-corrected chi connectivity index (χ4v) is 5.06. The smallest absolute Gasteiger partial charge is 0.258 e. The van der Waals surface area contributed by atoms with Crippen molar-refractivity contribution in [2.45, 2.75) is 44.0 Å². The Labute approximate surface area is 206 Å². The van der Waals surface area contributed by atoms with E-state index in [1.807, 2.05) is 38.1 Å². The van der Waals surface area contributed by atoms with Gasteiger partial charge in [0.15, 0.2) is 0 Å². The van der Waals surface area contributed by atoms with Gasteiger partial charge in [-0.25, -0.2) is 13.1 Å². The van der Waals surface area contributed by atoms with Crippen molar-refractivity contribution in [3.63, 3.8) is 0 Å². The van der Waals surface area contributed by atoms with Gasteiger partial charge in [0.05, 0.1) is 11.3 Å². The van der Waals surface area contributed by atoms with Gasteiger partial charge >= 0.3 is 0 Å². The Kier molecular flexibility index (Phi) is 7.33. The number of benzene rings is 3. The average molecular weight is 492 g/mol. The van der Waals surface area contributed by atoms with Crippen molar-refractivity contribution in [1.82, 2.24) is 4.72 Å². The Bertz CT molecular complexity index is 1320. The van der Waals surface area contributed by atoms with Crippen LogP contribution in [0.15, 0.2) is 77.7 Å². The standard InChI is InChI=1S/C27H29N3O4S/c1-3-30(24-6-4-5-19(2)17-24)27(32)21-9-11-22(12-10-21)28-26(31)18-20-7-15-25(16-8-20)35(33,34)29-23-13-14-23/h4-12,15-17,23,29H,3,13-14,18H2,1-2H3,(H,28,31). The first kappa shape index (κ1) is 24.6. The van der Waals surface area contributed by atoms with E-state index in [1.165, 1.54) is 12.1 Å². The Morgan fingerprint density at radius 3 is 2.26 bits per heavy atom. The largest absolute Gasteiger partial charge is 0.326 e. The van der Waals surface area contributed by atoms with Gasteiger partial charge in [0, 0.05) is 29.5 Å². The number of hydrogen-bond donors (Lipinski definition) is 2. The zero-order chi connectivity index (χ0) is 25.0. The molecular weight excluding hydrogens is 462 g/mol. The van der Waals surface area contributed by atoms with Crippen LogP contribution in [-0.2, 0) is 21.2 Å². The summed E-state index contributed by atoms with van der Waals surface area (Å²) in [6, 6.07) is 21.0. The van der Waals surface area contributed by atoms with E-state index in [4.69, 9.17) is 0 Å². The van der Waals surface area contributed by atoms with E-state index in [-0.39, 0.29) is 29.2 Å². The number of rotatable bonds is 9. The fraction of sp³-hybridized carbons (Fsp3) is 0.259. The molecule has 0 heterocycles. The van der Waals surface area contributed by atoms with E-state index in [2.05, 4.69) is 10.0 Å². The molecule has 1 saturated carbocycles. The van der Waals surface area contributed by atoms with Crippen LogP contribution in [0.4, 0.5) is 11.4 Å². The van der Waals surface area contributed by atoms with Crippen LogP contribution in [0, 0.1) is 6.92 Å². The van der Waals surface area contributed by atoms with Crippen LogP contribution >= 0.6 is 0 Å². The molecule has 2 amide bonds. The molecule has 1 fully saturated rings. The van der Waals surface area contributed by atoms with Gasteiger partial charge in [-0.05, 0) is 86.3 Å². The quantitative estimate of drug-likeness (QED) is 0.467. The molecule has 2 N–H and O–H groups in total. The normalized spacial score (nSPS) is 13.3. The van der Waals surface area contributed by atoms with Gasteiger partial charge in [-0.15, -0.1) is 0 Å². The predicted molar refractivity (Wildman–Crippen MR) is 137 cm³/mol. The first-order valence-corrected chi connectivity index (χ1v) is 13.1. The van der Waals surface area contributed by atoms with Gasteiger partial charge in [0.2, 0.25) is 15.9 Å². The average Bonchev–Trinajstić information content (AvgIpc) is 3.64. The van der Waals surface area contributed by atoms with Crippen LogP contribution in [0.2, 0.25) is 0 Å². The molecule has 0 bridgehead atoms. The lowest BCUT2D eigenvalue weighted by Crippen LogP contribution is -2.30. The van der Waals surface area contributed by atoms with Crippen molar-refractivity contribution in [2.75, 3.05) is 16.8 Å². The lowest BCUT2D eigenvalue weighted by Gasteiger charge is -2.21. The summed E-state index contributed by atoms with van der Waals surface area (Å²) in [6.07, 6.45) is 1.85. The number of amides is 2. The van der Waals surface area contributed by atoms with E-state index in [1.54, 1.807) is 41.3 Å². The monoisotopic (exact) mass is 491 g/mol. The topological polar surface area (TPSA) is 95.6 Å². The number of carbonyl (C=O) groups is 2. The summed E-state index contributed by atoms with van der Waals surface area (Å²) in [7, 11) is -3.51. The van der Waals surface area contributed by atoms with E-state index < -0.39 is 10.0 Å². The third kappa shape index (κ3) is 6.35. The Morgan fingerprint density at radius 2 is 1.66 bits per heavy atom. The molecule has 182 valence electrons. The second-order valence-corrected chi connectivity index (χ2v) is 10.4. The third-order valence-corrected chi connectivity index (χ3v) is 7.32. The highest BCUT2D eigenvalue weighted by Crippen LogP contribution is 2.23. The molecule has 0 aromatic heterocycles. The summed E-state index contributed by atoms with van der Waals surface area (Å²) >= 11 is 0. The van der Waals surface area contributed by atoms with Crippen LogP contribution in [0.3, 0.4) is 0 Å². The summed E-state index contributed by atoms with van der Waals surface area (Å²) in [6.45, 7) is 4.46. The number of nitrogens with one attached hydrogen (secondary N) is 2. The van der Waals surface area contributed by atoms with Crippen molar-refractivity contribution in [1.29, 1.82) is 0 Å². The molecule has 1 aliphatic rings. The maximum absolute atomic E-state index is 13.0. The van der Waals surface area contributed by atoms with Gasteiger partial charge < -0.3 is 10.2 Å². The molecule has 1 aliphatic carbocycles. The highest BCUT2D eigenvalue weighted by molar-refractivity contribution is 7.89. The first-order chi connectivity index (χ1) is 16.7. The molecule has 3 aromatic rings. The lowest BCUT2D eigenvalue weighted by atomic mass is 10.1. The fourth-order valence-electron chi connectivity index (χ4n) is 3.76. The van der Waals surface area contributed by atoms with Crippen molar-refractivity contribution >= 4 is 33.2 Å². The maximum Gasteiger partial charge on any atom is 0.258 e. The van der Waals surface area contributed by atoms with Crippen LogP contribution in [-0.4, -0.2) is 32.8 Å². The lowest BCUT2D eigenvalue weighted by molar-refractivity contribution is -0.115. The number of anilines is 2. The second-order valence-electron chi connectivity index (χ2n) is 8.73. The minimum absolute atomic E-state index is 0.0414. The SMILES string of the molecule is CCN(C(=O)c1ccc(NC(=O)Cc2ccc(S(=O)(=O)NC3CC3)cc2)cc1)c1cccc(C)c1. The minimum atomic E-state index is -3.51. The molecule has 35 heavy (non-hydrogen) atoms. The molecule has 4 rings (SSSR count). The third-order valence-electron chi connectivity index (χ3n) is 5.79. The van der Waals surface area contributed by atoms with Crippen molar-refractivity contribution in [3.05, 3.63) is 89.5 Å². The Hall–Kier alpha value is -3.49. The Morgan fingerprint density at radius 1 is 0.971 bits per heavy atom. The van der Waals surface area contributed by atoms with E-state index >= 15 is 0 Å². The number of aryl methyl sites for hydroxylation is 1. The molecule has 0 radical (unpaired) electrons. The molecule has 0 unspecified atom stereocenters. The molecule has 7 nitrogen and oxygen atoms in total. The van der Waals surface area contributed by atoms with E-state index in [0.29, 0.717) is 23.4 Å². The zero-order valence-corrected chi connectivity index (χ0v) is 20.6. The molecular formula is C27H29N3O4S. The minimum Gasteiger partial charge on any atom is -0.326 e. The molecule has 0 saturated heterocycles. The molecule has 3 aromatic carbocycles. The summed E-state index contributed by atoms with van der Waals surface area (Å²) in [5.74, 6) is -0.340. The van der Waals surface area contributed by atoms with Crippen molar-refractivity contribution in [2.24, 2.45) is 0 Å². The number of sulfonamides is 1. The van der Waals surface area contributed by atoms with Crippen LogP contribution < -0.4 is 14.9 Å². The summed E-state index contributed by atoms with van der Waals surface area (Å²) in [5.41, 5.74) is 3.74. The number of nitrogens with zero attached hydrogens (tertiary/aromatic N) is 1. The molecule has 8 heteroatoms. The Balaban J connectivity index is 1.36. The summed E-state index contributed by atoms with van der Waals surface area (Å²) in [5, 5.41) is 2.82. The molecule has 0 spiro atoms. The van der Waals surface area contributed by atoms with Gasteiger partial charge in [-0.3, -0.25) is 9.59 Å². The van der Waals surface area contributed by atoms with Gasteiger partial charge in [-0.1, -0.05) is 24.3 Å². The van der Waals surface area contributed by atoms with Crippen LogP contribution in [0.1, 0.15) is 41.3 Å². The van der Waals surface area contributed by atoms with Crippen LogP contribution in [0.25, 0.3) is 0 Å². The van der Waals surface area contributed by atoms with Gasteiger partial charge in [0.25, 0.3) is 5.91 Å². The maximum atomic E-state index is 13.0. The van der Waals surface area contributed by atoms with E-state index in [9.17, 15) is 18.0 Å². The molecule has 0 aliphatic heterocycles. The number of carbonyl (C=O) groups excluding carboxylic acids is 2. The van der Waals surface area contributed by atoms with Gasteiger partial charge in [-0.2, -0.15) is 0 Å². The molecule has 0 atom stereocenters. The first-order valence-electron chi connectivity index (χ1n) is 11.6. The number of hydrogen-bond acceptors (Lipinski definition) is 4. The van der Waals surface area contributed by atoms with Gasteiger partial charge in [0.1, 0.15) is 0 Å². The summed E-state index contributed by atoms with van der Waals surface area (Å²) < 4.78 is 27.2. The van der Waals surface area contributed by atoms with Crippen molar-refractivity contribution < 1.29 is 18.0 Å². The predicted octanol–water partition coefficient (Wildman–Crippen LogP) is 4.28.